The van der Waals surface area contributed by atoms with Gasteiger partial charge in [0.15, 0.2) is 0 Å². The Morgan fingerprint density at radius 3 is 1.93 bits per heavy atom. The maximum absolute atomic E-state index is 12.2. The standard InChI is InChI=1S/C22H24O7/c1-2-15-27-17-9-7-16(8-10-17)22(26)29-19-13-11-18(12-14-19)28-21(25)6-4-3-5-20(23)24/h7-14H,2-6,15H2,1H3,(H,23,24)/p-1. The highest BCUT2D eigenvalue weighted by atomic mass is 16.5. The molecular weight excluding hydrogens is 376 g/mol. The molecule has 0 aliphatic carbocycles. The van der Waals surface area contributed by atoms with Crippen LogP contribution >= 0.6 is 0 Å². The zero-order valence-electron chi connectivity index (χ0n) is 16.2. The molecule has 7 heteroatoms. The van der Waals surface area contributed by atoms with Gasteiger partial charge >= 0.3 is 11.9 Å². The Morgan fingerprint density at radius 2 is 1.34 bits per heavy atom. The molecule has 0 spiro atoms. The molecule has 0 atom stereocenters. The molecule has 0 amide bonds. The van der Waals surface area contributed by atoms with Gasteiger partial charge in [0.2, 0.25) is 0 Å². The molecule has 0 saturated heterocycles. The minimum atomic E-state index is -1.13. The van der Waals surface area contributed by atoms with Crippen LogP contribution < -0.4 is 19.3 Å². The van der Waals surface area contributed by atoms with Crippen LogP contribution in [0.3, 0.4) is 0 Å². The predicted octanol–water partition coefficient (Wildman–Crippen LogP) is 2.91. The molecule has 0 unspecified atom stereocenters. The van der Waals surface area contributed by atoms with E-state index in [1.807, 2.05) is 6.92 Å². The predicted molar refractivity (Wildman–Crippen MR) is 103 cm³/mol. The van der Waals surface area contributed by atoms with Gasteiger partial charge in [-0.2, -0.15) is 0 Å². The molecule has 0 radical (unpaired) electrons. The van der Waals surface area contributed by atoms with Gasteiger partial charge in [-0.25, -0.2) is 4.79 Å². The molecule has 154 valence electrons. The lowest BCUT2D eigenvalue weighted by atomic mass is 10.2. The van der Waals surface area contributed by atoms with Gasteiger partial charge in [-0.15, -0.1) is 0 Å². The van der Waals surface area contributed by atoms with Crippen molar-refractivity contribution in [2.45, 2.75) is 39.0 Å². The molecule has 0 saturated carbocycles. The summed E-state index contributed by atoms with van der Waals surface area (Å²) in [7, 11) is 0. The molecule has 2 aromatic carbocycles. The highest BCUT2D eigenvalue weighted by Gasteiger charge is 2.10. The van der Waals surface area contributed by atoms with E-state index in [-0.39, 0.29) is 12.8 Å². The van der Waals surface area contributed by atoms with E-state index in [2.05, 4.69) is 0 Å². The number of ether oxygens (including phenoxy) is 3. The molecular formula is C22H23O7-. The number of hydrogen-bond acceptors (Lipinski definition) is 7. The number of carbonyl (C=O) groups is 3. The summed E-state index contributed by atoms with van der Waals surface area (Å²) < 4.78 is 15.9. The van der Waals surface area contributed by atoms with E-state index in [1.165, 1.54) is 24.3 Å². The molecule has 0 bridgehead atoms. The molecule has 0 fully saturated rings. The molecule has 7 nitrogen and oxygen atoms in total. The first kappa shape index (κ1) is 21.9. The molecule has 0 N–H and O–H groups in total. The van der Waals surface area contributed by atoms with Crippen LogP contribution in [0.2, 0.25) is 0 Å². The highest BCUT2D eigenvalue weighted by molar-refractivity contribution is 5.91. The Bertz CT molecular complexity index is 810. The Morgan fingerprint density at radius 1 is 0.793 bits per heavy atom. The van der Waals surface area contributed by atoms with Gasteiger partial charge in [0, 0.05) is 12.4 Å². The van der Waals surface area contributed by atoms with Crippen molar-refractivity contribution in [2.75, 3.05) is 6.61 Å². The third-order valence-corrected chi connectivity index (χ3v) is 3.84. The quantitative estimate of drug-likeness (QED) is 0.325. The van der Waals surface area contributed by atoms with E-state index < -0.39 is 17.9 Å². The van der Waals surface area contributed by atoms with E-state index in [9.17, 15) is 19.5 Å². The average Bonchev–Trinajstić information content (AvgIpc) is 2.71. The Labute approximate surface area is 169 Å². The van der Waals surface area contributed by atoms with Crippen molar-refractivity contribution in [3.05, 3.63) is 54.1 Å². The summed E-state index contributed by atoms with van der Waals surface area (Å²) >= 11 is 0. The fourth-order valence-electron chi connectivity index (χ4n) is 2.37. The van der Waals surface area contributed by atoms with Crippen LogP contribution in [0.5, 0.6) is 17.2 Å². The van der Waals surface area contributed by atoms with E-state index >= 15 is 0 Å². The minimum absolute atomic E-state index is 0.0815. The van der Waals surface area contributed by atoms with Crippen LogP contribution in [0.4, 0.5) is 0 Å². The topological polar surface area (TPSA) is 102 Å². The summed E-state index contributed by atoms with van der Waals surface area (Å²) in [4.78, 5) is 34.2. The van der Waals surface area contributed by atoms with Crippen molar-refractivity contribution in [3.63, 3.8) is 0 Å². The fraction of sp³-hybridized carbons (Fsp3) is 0.318. The summed E-state index contributed by atoms with van der Waals surface area (Å²) in [6.07, 6.45) is 1.70. The van der Waals surface area contributed by atoms with Gasteiger partial charge in [-0.05, 0) is 74.2 Å². The normalized spacial score (nSPS) is 10.2. The van der Waals surface area contributed by atoms with Crippen molar-refractivity contribution in [3.8, 4) is 17.2 Å². The molecule has 2 aromatic rings. The van der Waals surface area contributed by atoms with Gasteiger partial charge in [0.25, 0.3) is 0 Å². The van der Waals surface area contributed by atoms with Gasteiger partial charge < -0.3 is 24.1 Å². The number of aliphatic carboxylic acids is 1. The summed E-state index contributed by atoms with van der Waals surface area (Å²) in [5.41, 5.74) is 0.390. The van der Waals surface area contributed by atoms with E-state index in [0.29, 0.717) is 42.3 Å². The van der Waals surface area contributed by atoms with Crippen LogP contribution in [-0.4, -0.2) is 24.5 Å². The number of hydrogen-bond donors (Lipinski definition) is 0. The summed E-state index contributed by atoms with van der Waals surface area (Å²) in [5, 5.41) is 10.3. The molecule has 0 aromatic heterocycles. The smallest absolute Gasteiger partial charge is 0.343 e. The first-order valence-electron chi connectivity index (χ1n) is 9.43. The van der Waals surface area contributed by atoms with E-state index in [1.54, 1.807) is 24.3 Å². The Kier molecular flexibility index (Phi) is 8.69. The second-order valence-corrected chi connectivity index (χ2v) is 6.29. The molecule has 2 rings (SSSR count). The second kappa shape index (κ2) is 11.5. The van der Waals surface area contributed by atoms with Crippen molar-refractivity contribution in [1.29, 1.82) is 0 Å². The lowest BCUT2D eigenvalue weighted by Crippen LogP contribution is -2.21. The number of carboxylic acid groups (broad SMARTS) is 1. The number of carbonyl (C=O) groups excluding carboxylic acids is 3. The lowest BCUT2D eigenvalue weighted by Gasteiger charge is -2.08. The lowest BCUT2D eigenvalue weighted by molar-refractivity contribution is -0.305. The number of rotatable bonds is 11. The summed E-state index contributed by atoms with van der Waals surface area (Å²) in [5.74, 6) is -0.788. The van der Waals surface area contributed by atoms with Crippen LogP contribution in [0.25, 0.3) is 0 Å². The van der Waals surface area contributed by atoms with Crippen molar-refractivity contribution in [2.24, 2.45) is 0 Å². The van der Waals surface area contributed by atoms with Crippen LogP contribution in [0.15, 0.2) is 48.5 Å². The molecule has 0 aliphatic rings. The fourth-order valence-corrected chi connectivity index (χ4v) is 2.37. The number of benzene rings is 2. The van der Waals surface area contributed by atoms with Crippen molar-refractivity contribution >= 4 is 17.9 Å². The minimum Gasteiger partial charge on any atom is -0.550 e. The van der Waals surface area contributed by atoms with Crippen LogP contribution in [-0.2, 0) is 9.59 Å². The average molecular weight is 399 g/mol. The zero-order chi connectivity index (χ0) is 21.1. The monoisotopic (exact) mass is 399 g/mol. The van der Waals surface area contributed by atoms with E-state index in [0.717, 1.165) is 6.42 Å². The zero-order valence-corrected chi connectivity index (χ0v) is 16.2. The summed E-state index contributed by atoms with van der Waals surface area (Å²) in [6, 6.07) is 12.8. The first-order valence-corrected chi connectivity index (χ1v) is 9.43. The van der Waals surface area contributed by atoms with Gasteiger partial charge in [0.05, 0.1) is 12.2 Å². The SMILES string of the molecule is CCCOc1ccc(C(=O)Oc2ccc(OC(=O)CCCCC(=O)[O-])cc2)cc1. The maximum atomic E-state index is 12.2. The number of esters is 2. The number of unbranched alkanes of at least 4 members (excludes halogenated alkanes) is 1. The van der Waals surface area contributed by atoms with Crippen LogP contribution in [0, 0.1) is 0 Å². The maximum Gasteiger partial charge on any atom is 0.343 e. The Hall–Kier alpha value is -3.35. The van der Waals surface area contributed by atoms with E-state index in [4.69, 9.17) is 14.2 Å². The number of carboxylic acids is 1. The van der Waals surface area contributed by atoms with Crippen LogP contribution in [0.1, 0.15) is 49.4 Å². The second-order valence-electron chi connectivity index (χ2n) is 6.29. The Balaban J connectivity index is 1.81. The largest absolute Gasteiger partial charge is 0.550 e. The van der Waals surface area contributed by atoms with Gasteiger partial charge in [-0.1, -0.05) is 6.92 Å². The summed E-state index contributed by atoms with van der Waals surface area (Å²) in [6.45, 7) is 2.62. The third-order valence-electron chi connectivity index (χ3n) is 3.84. The molecule has 0 heterocycles. The van der Waals surface area contributed by atoms with Crippen molar-refractivity contribution in [1.82, 2.24) is 0 Å². The van der Waals surface area contributed by atoms with Crippen molar-refractivity contribution < 1.29 is 33.7 Å². The third kappa shape index (κ3) is 8.04. The first-order chi connectivity index (χ1) is 14.0. The molecule has 29 heavy (non-hydrogen) atoms. The van der Waals surface area contributed by atoms with Gasteiger partial charge in [-0.3, -0.25) is 4.79 Å². The highest BCUT2D eigenvalue weighted by Crippen LogP contribution is 2.20. The molecule has 0 aliphatic heterocycles. The van der Waals surface area contributed by atoms with Gasteiger partial charge in [0.1, 0.15) is 17.2 Å².